The molecular formula is C17H15FN2. The lowest BCUT2D eigenvalue weighted by molar-refractivity contribution is 0.570. The van der Waals surface area contributed by atoms with E-state index in [9.17, 15) is 4.39 Å². The van der Waals surface area contributed by atoms with Gasteiger partial charge in [0, 0.05) is 6.54 Å². The van der Waals surface area contributed by atoms with Crippen LogP contribution in [0.3, 0.4) is 0 Å². The van der Waals surface area contributed by atoms with E-state index in [-0.39, 0.29) is 5.82 Å². The van der Waals surface area contributed by atoms with Crippen LogP contribution in [0.4, 0.5) is 4.39 Å². The molecule has 100 valence electrons. The fraction of sp³-hybridized carbons (Fsp3) is 0.235. The summed E-state index contributed by atoms with van der Waals surface area (Å²) >= 11 is 0. The zero-order valence-electron chi connectivity index (χ0n) is 11.3. The van der Waals surface area contributed by atoms with E-state index in [2.05, 4.69) is 11.4 Å². The molecule has 1 heterocycles. The molecule has 2 aromatic carbocycles. The smallest absolute Gasteiger partial charge is 0.126 e. The number of fused-ring (bicyclic) bond motifs is 1. The maximum absolute atomic E-state index is 13.9. The first-order valence-electron chi connectivity index (χ1n) is 6.73. The van der Waals surface area contributed by atoms with Crippen molar-refractivity contribution in [2.75, 3.05) is 6.54 Å². The zero-order valence-corrected chi connectivity index (χ0v) is 11.3. The number of rotatable bonds is 1. The number of halogens is 1. The van der Waals surface area contributed by atoms with Crippen molar-refractivity contribution in [3.05, 3.63) is 58.4 Å². The molecule has 0 aromatic heterocycles. The molecule has 0 atom stereocenters. The molecule has 3 rings (SSSR count). The fourth-order valence-corrected chi connectivity index (χ4v) is 2.85. The summed E-state index contributed by atoms with van der Waals surface area (Å²) in [7, 11) is 0. The largest absolute Gasteiger partial charge is 0.312 e. The number of nitrogens with zero attached hydrogens (tertiary/aromatic N) is 1. The lowest BCUT2D eigenvalue weighted by atomic mass is 9.89. The third kappa shape index (κ3) is 2.09. The molecule has 1 N–H and O–H groups in total. The molecule has 1 aliphatic heterocycles. The summed E-state index contributed by atoms with van der Waals surface area (Å²) in [6.07, 6.45) is 0.727. The Morgan fingerprint density at radius 3 is 2.70 bits per heavy atom. The molecule has 2 nitrogen and oxygen atoms in total. The Kier molecular flexibility index (Phi) is 3.25. The summed E-state index contributed by atoms with van der Waals surface area (Å²) in [5.74, 6) is -0.114. The van der Waals surface area contributed by atoms with Crippen LogP contribution < -0.4 is 5.32 Å². The van der Waals surface area contributed by atoms with E-state index in [1.54, 1.807) is 6.07 Å². The Morgan fingerprint density at radius 2 is 1.95 bits per heavy atom. The molecule has 0 aliphatic carbocycles. The molecule has 0 fully saturated rings. The molecule has 1 aliphatic rings. The summed E-state index contributed by atoms with van der Waals surface area (Å²) in [4.78, 5) is 0. The molecule has 0 saturated carbocycles. The van der Waals surface area contributed by atoms with Gasteiger partial charge in [-0.2, -0.15) is 5.26 Å². The molecule has 2 aromatic rings. The van der Waals surface area contributed by atoms with E-state index in [4.69, 9.17) is 5.26 Å². The maximum atomic E-state index is 13.9. The average Bonchev–Trinajstić information content (AvgIpc) is 2.48. The summed E-state index contributed by atoms with van der Waals surface area (Å²) in [6, 6.07) is 11.2. The van der Waals surface area contributed by atoms with Crippen LogP contribution in [0.5, 0.6) is 0 Å². The number of benzene rings is 2. The first kappa shape index (κ1) is 12.8. The average molecular weight is 266 g/mol. The monoisotopic (exact) mass is 266 g/mol. The van der Waals surface area contributed by atoms with Crippen molar-refractivity contribution in [3.63, 3.8) is 0 Å². The Morgan fingerprint density at radius 1 is 1.15 bits per heavy atom. The molecule has 0 spiro atoms. The highest BCUT2D eigenvalue weighted by Gasteiger charge is 2.18. The van der Waals surface area contributed by atoms with Gasteiger partial charge in [-0.15, -0.1) is 0 Å². The molecule has 0 bridgehead atoms. The standard InChI is InChI=1S/C17H15FN2/c1-11-8-12(9-19)2-3-13(11)14-4-5-17(18)15-6-7-20-10-16(14)15/h2-5,8,20H,6-7,10H2,1H3. The second kappa shape index (κ2) is 5.07. The second-order valence-corrected chi connectivity index (χ2v) is 5.12. The maximum Gasteiger partial charge on any atom is 0.126 e. The van der Waals surface area contributed by atoms with E-state index < -0.39 is 0 Å². The van der Waals surface area contributed by atoms with Crippen molar-refractivity contribution < 1.29 is 4.39 Å². The van der Waals surface area contributed by atoms with Gasteiger partial charge in [0.05, 0.1) is 11.6 Å². The van der Waals surface area contributed by atoms with E-state index in [1.165, 1.54) is 0 Å². The Bertz CT molecular complexity index is 714. The van der Waals surface area contributed by atoms with Crippen LogP contribution in [-0.2, 0) is 13.0 Å². The third-order valence-electron chi connectivity index (χ3n) is 3.87. The molecule has 0 amide bonds. The van der Waals surface area contributed by atoms with Crippen molar-refractivity contribution >= 4 is 0 Å². The van der Waals surface area contributed by atoms with Crippen molar-refractivity contribution in [1.82, 2.24) is 5.32 Å². The van der Waals surface area contributed by atoms with Gasteiger partial charge in [0.2, 0.25) is 0 Å². The van der Waals surface area contributed by atoms with Crippen LogP contribution in [0.2, 0.25) is 0 Å². The predicted molar refractivity (Wildman–Crippen MR) is 76.7 cm³/mol. The molecule has 3 heteroatoms. The van der Waals surface area contributed by atoms with Crippen molar-refractivity contribution in [2.24, 2.45) is 0 Å². The topological polar surface area (TPSA) is 35.8 Å². The molecule has 0 unspecified atom stereocenters. The van der Waals surface area contributed by atoms with Gasteiger partial charge in [0.15, 0.2) is 0 Å². The lowest BCUT2D eigenvalue weighted by Crippen LogP contribution is -2.25. The van der Waals surface area contributed by atoms with Gasteiger partial charge in [-0.05, 0) is 65.9 Å². The summed E-state index contributed by atoms with van der Waals surface area (Å²) in [6.45, 7) is 3.50. The van der Waals surface area contributed by atoms with Gasteiger partial charge >= 0.3 is 0 Å². The number of hydrogen-bond donors (Lipinski definition) is 1. The summed E-state index contributed by atoms with van der Waals surface area (Å²) in [5.41, 5.74) is 5.71. The van der Waals surface area contributed by atoms with E-state index >= 15 is 0 Å². The van der Waals surface area contributed by atoms with Crippen molar-refractivity contribution in [3.8, 4) is 17.2 Å². The Balaban J connectivity index is 2.18. The first-order valence-corrected chi connectivity index (χ1v) is 6.73. The number of aryl methyl sites for hydroxylation is 1. The SMILES string of the molecule is Cc1cc(C#N)ccc1-c1ccc(F)c2c1CNCC2. The highest BCUT2D eigenvalue weighted by Crippen LogP contribution is 2.32. The van der Waals surface area contributed by atoms with Crippen molar-refractivity contribution in [1.29, 1.82) is 5.26 Å². The van der Waals surface area contributed by atoms with Crippen LogP contribution in [0, 0.1) is 24.1 Å². The van der Waals surface area contributed by atoms with Crippen LogP contribution in [-0.4, -0.2) is 6.54 Å². The van der Waals surface area contributed by atoms with Crippen LogP contribution in [0.1, 0.15) is 22.3 Å². The van der Waals surface area contributed by atoms with Gasteiger partial charge in [-0.1, -0.05) is 12.1 Å². The number of nitrogens with one attached hydrogen (secondary N) is 1. The van der Waals surface area contributed by atoms with Crippen LogP contribution in [0.15, 0.2) is 30.3 Å². The van der Waals surface area contributed by atoms with Crippen molar-refractivity contribution in [2.45, 2.75) is 19.9 Å². The van der Waals surface area contributed by atoms with E-state index in [0.29, 0.717) is 12.1 Å². The predicted octanol–water partition coefficient (Wildman–Crippen LogP) is 3.32. The Hall–Kier alpha value is -2.18. The summed E-state index contributed by atoms with van der Waals surface area (Å²) in [5, 5.41) is 12.2. The second-order valence-electron chi connectivity index (χ2n) is 5.12. The Labute approximate surface area is 117 Å². The van der Waals surface area contributed by atoms with E-state index in [0.717, 1.165) is 40.8 Å². The minimum atomic E-state index is -0.114. The minimum absolute atomic E-state index is 0.114. The quantitative estimate of drug-likeness (QED) is 0.859. The normalized spacial score (nSPS) is 13.7. The highest BCUT2D eigenvalue weighted by molar-refractivity contribution is 5.73. The van der Waals surface area contributed by atoms with Crippen LogP contribution in [0.25, 0.3) is 11.1 Å². The van der Waals surface area contributed by atoms with Gasteiger partial charge in [0.25, 0.3) is 0 Å². The van der Waals surface area contributed by atoms with E-state index in [1.807, 2.05) is 31.2 Å². The molecule has 20 heavy (non-hydrogen) atoms. The lowest BCUT2D eigenvalue weighted by Gasteiger charge is -2.22. The highest BCUT2D eigenvalue weighted by atomic mass is 19.1. The summed E-state index contributed by atoms with van der Waals surface area (Å²) < 4.78 is 13.9. The first-order chi connectivity index (χ1) is 9.70. The third-order valence-corrected chi connectivity index (χ3v) is 3.87. The fourth-order valence-electron chi connectivity index (χ4n) is 2.85. The van der Waals surface area contributed by atoms with Gasteiger partial charge < -0.3 is 5.32 Å². The van der Waals surface area contributed by atoms with Gasteiger partial charge in [-0.25, -0.2) is 4.39 Å². The molecular weight excluding hydrogens is 251 g/mol. The molecule has 0 radical (unpaired) electrons. The van der Waals surface area contributed by atoms with Gasteiger partial charge in [0.1, 0.15) is 5.82 Å². The number of hydrogen-bond acceptors (Lipinski definition) is 2. The number of nitriles is 1. The van der Waals surface area contributed by atoms with Gasteiger partial charge in [-0.3, -0.25) is 0 Å². The minimum Gasteiger partial charge on any atom is -0.312 e. The zero-order chi connectivity index (χ0) is 14.1. The van der Waals surface area contributed by atoms with Crippen LogP contribution >= 0.6 is 0 Å². The molecule has 0 saturated heterocycles.